The number of anilines is 1. The summed E-state index contributed by atoms with van der Waals surface area (Å²) in [4.78, 5) is 19.5. The van der Waals surface area contributed by atoms with E-state index in [0.717, 1.165) is 68.2 Å². The van der Waals surface area contributed by atoms with Crippen molar-refractivity contribution >= 4 is 22.6 Å². The van der Waals surface area contributed by atoms with E-state index in [1.165, 1.54) is 0 Å². The fourth-order valence-corrected chi connectivity index (χ4v) is 3.75. The van der Waals surface area contributed by atoms with Crippen LogP contribution in [-0.4, -0.2) is 61.9 Å². The summed E-state index contributed by atoms with van der Waals surface area (Å²) in [6.07, 6.45) is 2.54. The first-order chi connectivity index (χ1) is 15.7. The van der Waals surface area contributed by atoms with Gasteiger partial charge in [-0.25, -0.2) is 4.79 Å². The second-order valence-electron chi connectivity index (χ2n) is 7.60. The Balaban J connectivity index is 1.57. The highest BCUT2D eigenvalue weighted by Crippen LogP contribution is 2.31. The summed E-state index contributed by atoms with van der Waals surface area (Å²) in [5.41, 5.74) is 1.95. The number of para-hydroxylation sites is 1. The number of pyridine rings is 1. The molecule has 2 aromatic carbocycles. The molecule has 0 bridgehead atoms. The highest BCUT2D eigenvalue weighted by molar-refractivity contribution is 6.05. The third-order valence-corrected chi connectivity index (χ3v) is 5.37. The number of esters is 1. The number of benzene rings is 2. The van der Waals surface area contributed by atoms with E-state index < -0.39 is 0 Å². The molecule has 7 heteroatoms. The number of nitrogens with one attached hydrogen (secondary N) is 1. The topological polar surface area (TPSA) is 72.9 Å². The normalized spacial score (nSPS) is 14.3. The van der Waals surface area contributed by atoms with Crippen molar-refractivity contribution in [1.29, 1.82) is 0 Å². The summed E-state index contributed by atoms with van der Waals surface area (Å²) in [6, 6.07) is 15.3. The molecule has 0 aliphatic carbocycles. The highest BCUT2D eigenvalue weighted by atomic mass is 16.5. The molecule has 7 nitrogen and oxygen atoms in total. The van der Waals surface area contributed by atoms with E-state index in [-0.39, 0.29) is 5.97 Å². The molecule has 1 aliphatic rings. The van der Waals surface area contributed by atoms with Crippen molar-refractivity contribution in [2.75, 3.05) is 51.3 Å². The molecule has 32 heavy (non-hydrogen) atoms. The first-order valence-corrected chi connectivity index (χ1v) is 11.1. The number of fused-ring (bicyclic) bond motifs is 1. The average Bonchev–Trinajstić information content (AvgIpc) is 2.83. The summed E-state index contributed by atoms with van der Waals surface area (Å²) in [7, 11) is 0. The molecule has 2 heterocycles. The van der Waals surface area contributed by atoms with Crippen LogP contribution < -0.4 is 10.1 Å². The van der Waals surface area contributed by atoms with E-state index in [2.05, 4.69) is 15.2 Å². The van der Waals surface area contributed by atoms with Gasteiger partial charge in [0.05, 0.1) is 31.0 Å². The Morgan fingerprint density at radius 3 is 2.72 bits per heavy atom. The molecule has 0 saturated carbocycles. The molecule has 1 saturated heterocycles. The Morgan fingerprint density at radius 1 is 1.12 bits per heavy atom. The second-order valence-corrected chi connectivity index (χ2v) is 7.60. The van der Waals surface area contributed by atoms with Gasteiger partial charge in [-0.2, -0.15) is 0 Å². The minimum Gasteiger partial charge on any atom is -0.462 e. The number of carbonyl (C=O) groups is 1. The van der Waals surface area contributed by atoms with Crippen LogP contribution in [0.1, 0.15) is 23.7 Å². The van der Waals surface area contributed by atoms with Gasteiger partial charge in [0, 0.05) is 31.2 Å². The molecule has 0 atom stereocenters. The van der Waals surface area contributed by atoms with Gasteiger partial charge in [0.1, 0.15) is 17.1 Å². The maximum atomic E-state index is 12.6. The molecule has 0 radical (unpaired) electrons. The first-order valence-electron chi connectivity index (χ1n) is 11.1. The summed E-state index contributed by atoms with van der Waals surface area (Å²) in [6.45, 7) is 7.33. The molecular weight excluding hydrogens is 406 g/mol. The van der Waals surface area contributed by atoms with Crippen LogP contribution in [-0.2, 0) is 9.47 Å². The van der Waals surface area contributed by atoms with Crippen LogP contribution in [0.4, 0.5) is 5.69 Å². The fraction of sp³-hybridized carbons (Fsp3) is 0.360. The molecule has 3 aromatic rings. The maximum absolute atomic E-state index is 12.6. The summed E-state index contributed by atoms with van der Waals surface area (Å²) in [5.74, 6) is 1.05. The standard InChI is InChI=1S/C25H29N3O4/c1-2-31-25(29)22-18-27-23-10-9-20(32-19-7-4-3-5-8-19)17-21(23)24(22)26-11-6-12-28-13-15-30-16-14-28/h3-5,7-10,17-18H,2,6,11-16H2,1H3,(H,26,27). The zero-order valence-electron chi connectivity index (χ0n) is 18.4. The minimum absolute atomic E-state index is 0.310. The van der Waals surface area contributed by atoms with Crippen LogP contribution in [0.15, 0.2) is 54.7 Å². The molecule has 1 aliphatic heterocycles. The summed E-state index contributed by atoms with van der Waals surface area (Å²) < 4.78 is 16.7. The lowest BCUT2D eigenvalue weighted by atomic mass is 10.1. The van der Waals surface area contributed by atoms with Crippen molar-refractivity contribution in [3.8, 4) is 11.5 Å². The number of hydrogen-bond acceptors (Lipinski definition) is 7. The van der Waals surface area contributed by atoms with E-state index in [0.29, 0.717) is 17.9 Å². The molecule has 1 aromatic heterocycles. The Hall–Kier alpha value is -3.16. The third-order valence-electron chi connectivity index (χ3n) is 5.37. The molecule has 1 N–H and O–H groups in total. The van der Waals surface area contributed by atoms with Crippen molar-refractivity contribution in [3.63, 3.8) is 0 Å². The zero-order chi connectivity index (χ0) is 22.2. The van der Waals surface area contributed by atoms with Gasteiger partial charge in [-0.05, 0) is 50.2 Å². The lowest BCUT2D eigenvalue weighted by Crippen LogP contribution is -2.37. The van der Waals surface area contributed by atoms with Gasteiger partial charge in [-0.15, -0.1) is 0 Å². The van der Waals surface area contributed by atoms with Gasteiger partial charge < -0.3 is 19.5 Å². The number of aromatic nitrogens is 1. The number of ether oxygens (including phenoxy) is 3. The molecule has 0 amide bonds. The zero-order valence-corrected chi connectivity index (χ0v) is 18.4. The maximum Gasteiger partial charge on any atom is 0.341 e. The lowest BCUT2D eigenvalue weighted by molar-refractivity contribution is 0.0378. The average molecular weight is 436 g/mol. The van der Waals surface area contributed by atoms with Gasteiger partial charge in [0.2, 0.25) is 0 Å². The number of nitrogens with zero attached hydrogens (tertiary/aromatic N) is 2. The number of carbonyl (C=O) groups excluding carboxylic acids is 1. The molecule has 1 fully saturated rings. The summed E-state index contributed by atoms with van der Waals surface area (Å²) >= 11 is 0. The quantitative estimate of drug-likeness (QED) is 0.396. The van der Waals surface area contributed by atoms with Gasteiger partial charge in [0.15, 0.2) is 0 Å². The van der Waals surface area contributed by atoms with Crippen molar-refractivity contribution in [2.45, 2.75) is 13.3 Å². The SMILES string of the molecule is CCOC(=O)c1cnc2ccc(Oc3ccccc3)cc2c1NCCCN1CCOCC1. The van der Waals surface area contributed by atoms with Crippen LogP contribution in [0.25, 0.3) is 10.9 Å². The van der Waals surface area contributed by atoms with Crippen LogP contribution >= 0.6 is 0 Å². The Labute approximate surface area is 188 Å². The van der Waals surface area contributed by atoms with Gasteiger partial charge in [0.25, 0.3) is 0 Å². The fourth-order valence-electron chi connectivity index (χ4n) is 3.75. The number of rotatable bonds is 9. The Morgan fingerprint density at radius 2 is 1.94 bits per heavy atom. The number of hydrogen-bond donors (Lipinski definition) is 1. The van der Waals surface area contributed by atoms with Crippen LogP contribution in [0.3, 0.4) is 0 Å². The van der Waals surface area contributed by atoms with Crippen molar-refractivity contribution in [1.82, 2.24) is 9.88 Å². The van der Waals surface area contributed by atoms with Gasteiger partial charge in [-0.3, -0.25) is 9.88 Å². The van der Waals surface area contributed by atoms with Crippen LogP contribution in [0.2, 0.25) is 0 Å². The van der Waals surface area contributed by atoms with E-state index in [4.69, 9.17) is 14.2 Å². The Kier molecular flexibility index (Phi) is 7.53. The highest BCUT2D eigenvalue weighted by Gasteiger charge is 2.17. The van der Waals surface area contributed by atoms with Crippen LogP contribution in [0, 0.1) is 0 Å². The van der Waals surface area contributed by atoms with Crippen molar-refractivity contribution in [2.24, 2.45) is 0 Å². The van der Waals surface area contributed by atoms with Gasteiger partial charge >= 0.3 is 5.97 Å². The first kappa shape index (κ1) is 22.0. The number of morpholine rings is 1. The smallest absolute Gasteiger partial charge is 0.341 e. The lowest BCUT2D eigenvalue weighted by Gasteiger charge is -2.26. The van der Waals surface area contributed by atoms with E-state index in [1.54, 1.807) is 13.1 Å². The molecule has 0 unspecified atom stereocenters. The molecule has 0 spiro atoms. The predicted octanol–water partition coefficient (Wildman–Crippen LogP) is 4.34. The largest absolute Gasteiger partial charge is 0.462 e. The minimum atomic E-state index is -0.382. The van der Waals surface area contributed by atoms with Crippen molar-refractivity contribution < 1.29 is 19.0 Å². The Bertz CT molecular complexity index is 1040. The monoisotopic (exact) mass is 435 g/mol. The van der Waals surface area contributed by atoms with Gasteiger partial charge in [-0.1, -0.05) is 18.2 Å². The van der Waals surface area contributed by atoms with E-state index in [9.17, 15) is 4.79 Å². The van der Waals surface area contributed by atoms with E-state index in [1.807, 2.05) is 48.5 Å². The second kappa shape index (κ2) is 10.9. The summed E-state index contributed by atoms with van der Waals surface area (Å²) in [5, 5.41) is 4.30. The van der Waals surface area contributed by atoms with Crippen molar-refractivity contribution in [3.05, 3.63) is 60.3 Å². The predicted molar refractivity (Wildman–Crippen MR) is 125 cm³/mol. The van der Waals surface area contributed by atoms with E-state index >= 15 is 0 Å². The molecular formula is C25H29N3O4. The third kappa shape index (κ3) is 5.55. The molecule has 4 rings (SSSR count). The molecule has 168 valence electrons. The van der Waals surface area contributed by atoms with Crippen LogP contribution in [0.5, 0.6) is 11.5 Å².